The summed E-state index contributed by atoms with van der Waals surface area (Å²) in [5.41, 5.74) is 1.35. The number of rotatable bonds is 4. The molecule has 2 N–H and O–H groups in total. The Labute approximate surface area is 132 Å². The van der Waals surface area contributed by atoms with E-state index in [1.165, 1.54) is 0 Å². The van der Waals surface area contributed by atoms with Gasteiger partial charge in [0.1, 0.15) is 12.6 Å². The van der Waals surface area contributed by atoms with Crippen LogP contribution in [0.3, 0.4) is 0 Å². The summed E-state index contributed by atoms with van der Waals surface area (Å²) in [6.45, 7) is 1.42. The van der Waals surface area contributed by atoms with Gasteiger partial charge in [0.15, 0.2) is 0 Å². The van der Waals surface area contributed by atoms with Crippen molar-refractivity contribution >= 4 is 35.1 Å². The number of hydrogen-bond acceptors (Lipinski definition) is 3. The molecular formula is C15H14ClN3O3. The fourth-order valence-electron chi connectivity index (χ4n) is 2.08. The van der Waals surface area contributed by atoms with E-state index >= 15 is 0 Å². The highest BCUT2D eigenvalue weighted by molar-refractivity contribution is 6.30. The normalized spacial score (nSPS) is 17.1. The Morgan fingerprint density at radius 3 is 2.86 bits per heavy atom. The standard InChI is InChI=1S/C15H14ClN3O3/c1-3-4-12-14(21)19(15(22)18-12)8-13(20)17-11-6-5-10(16)7-9(11)2/h1,5-7,12H,4,8H2,2H3,(H,17,20)(H,18,22)/t12-/m0/s1. The van der Waals surface area contributed by atoms with Crippen LogP contribution in [0, 0.1) is 19.3 Å². The Balaban J connectivity index is 2.02. The lowest BCUT2D eigenvalue weighted by atomic mass is 10.2. The topological polar surface area (TPSA) is 78.5 Å². The average Bonchev–Trinajstić information content (AvgIpc) is 2.70. The van der Waals surface area contributed by atoms with Crippen molar-refractivity contribution < 1.29 is 14.4 Å². The number of anilines is 1. The Morgan fingerprint density at radius 1 is 1.50 bits per heavy atom. The van der Waals surface area contributed by atoms with E-state index in [4.69, 9.17) is 18.0 Å². The summed E-state index contributed by atoms with van der Waals surface area (Å²) in [5.74, 6) is 1.34. The van der Waals surface area contributed by atoms with E-state index in [9.17, 15) is 14.4 Å². The van der Waals surface area contributed by atoms with Crippen molar-refractivity contribution in [3.63, 3.8) is 0 Å². The minimum Gasteiger partial charge on any atom is -0.325 e. The van der Waals surface area contributed by atoms with Crippen molar-refractivity contribution in [1.29, 1.82) is 0 Å². The summed E-state index contributed by atoms with van der Waals surface area (Å²) in [7, 11) is 0. The fraction of sp³-hybridized carbons (Fsp3) is 0.267. The lowest BCUT2D eigenvalue weighted by Gasteiger charge is -2.14. The first-order valence-corrected chi connectivity index (χ1v) is 6.91. The van der Waals surface area contributed by atoms with Gasteiger partial charge in [0.25, 0.3) is 5.91 Å². The molecule has 7 heteroatoms. The molecule has 0 aliphatic carbocycles. The lowest BCUT2D eigenvalue weighted by molar-refractivity contribution is -0.130. The molecule has 0 unspecified atom stereocenters. The second-order valence-corrected chi connectivity index (χ2v) is 5.28. The highest BCUT2D eigenvalue weighted by Gasteiger charge is 2.38. The van der Waals surface area contributed by atoms with Crippen LogP contribution >= 0.6 is 11.6 Å². The van der Waals surface area contributed by atoms with Crippen LogP contribution in [0.4, 0.5) is 10.5 Å². The summed E-state index contributed by atoms with van der Waals surface area (Å²) in [4.78, 5) is 36.5. The van der Waals surface area contributed by atoms with Gasteiger partial charge in [-0.1, -0.05) is 11.6 Å². The Bertz CT molecular complexity index is 681. The zero-order valence-electron chi connectivity index (χ0n) is 11.9. The number of terminal acetylenes is 1. The van der Waals surface area contributed by atoms with Crippen LogP contribution in [0.5, 0.6) is 0 Å². The molecule has 1 saturated heterocycles. The first kappa shape index (κ1) is 15.9. The number of urea groups is 1. The number of imide groups is 1. The zero-order chi connectivity index (χ0) is 16.3. The van der Waals surface area contributed by atoms with Crippen molar-refractivity contribution in [2.45, 2.75) is 19.4 Å². The van der Waals surface area contributed by atoms with Crippen molar-refractivity contribution in [2.75, 3.05) is 11.9 Å². The second kappa shape index (κ2) is 6.50. The Hall–Kier alpha value is -2.52. The van der Waals surface area contributed by atoms with E-state index in [0.29, 0.717) is 10.7 Å². The van der Waals surface area contributed by atoms with Gasteiger partial charge >= 0.3 is 6.03 Å². The fourth-order valence-corrected chi connectivity index (χ4v) is 2.31. The molecule has 4 amide bonds. The van der Waals surface area contributed by atoms with Gasteiger partial charge in [-0.25, -0.2) is 4.79 Å². The molecule has 1 heterocycles. The SMILES string of the molecule is C#CC[C@@H]1NC(=O)N(CC(=O)Nc2ccc(Cl)cc2C)C1=O. The van der Waals surface area contributed by atoms with Crippen molar-refractivity contribution in [2.24, 2.45) is 0 Å². The molecule has 1 aromatic rings. The van der Waals surface area contributed by atoms with Gasteiger partial charge in [-0.15, -0.1) is 12.3 Å². The molecule has 1 aliphatic heterocycles. The van der Waals surface area contributed by atoms with Gasteiger partial charge < -0.3 is 10.6 Å². The van der Waals surface area contributed by atoms with E-state index in [-0.39, 0.29) is 13.0 Å². The van der Waals surface area contributed by atoms with E-state index in [0.717, 1.165) is 10.5 Å². The molecule has 2 rings (SSSR count). The number of benzene rings is 1. The maximum Gasteiger partial charge on any atom is 0.325 e. The Morgan fingerprint density at radius 2 is 2.23 bits per heavy atom. The monoisotopic (exact) mass is 319 g/mol. The van der Waals surface area contributed by atoms with Crippen LogP contribution in [-0.4, -0.2) is 35.3 Å². The van der Waals surface area contributed by atoms with Crippen molar-refractivity contribution in [1.82, 2.24) is 10.2 Å². The molecule has 1 atom stereocenters. The van der Waals surface area contributed by atoms with Crippen molar-refractivity contribution in [3.8, 4) is 12.3 Å². The van der Waals surface area contributed by atoms with Crippen LogP contribution in [0.25, 0.3) is 0 Å². The minimum absolute atomic E-state index is 0.0962. The number of amides is 4. The summed E-state index contributed by atoms with van der Waals surface area (Å²) in [6, 6.07) is 3.62. The minimum atomic E-state index is -0.762. The maximum absolute atomic E-state index is 12.0. The van der Waals surface area contributed by atoms with Gasteiger partial charge in [-0.05, 0) is 30.7 Å². The molecule has 1 fully saturated rings. The molecule has 0 saturated carbocycles. The summed E-state index contributed by atoms with van der Waals surface area (Å²) in [5, 5.41) is 5.64. The van der Waals surface area contributed by atoms with Gasteiger partial charge in [0.2, 0.25) is 5.91 Å². The van der Waals surface area contributed by atoms with E-state index < -0.39 is 23.9 Å². The molecule has 0 spiro atoms. The summed E-state index contributed by atoms with van der Waals surface area (Å²) in [6.07, 6.45) is 5.23. The number of carbonyl (C=O) groups is 3. The largest absolute Gasteiger partial charge is 0.325 e. The van der Waals surface area contributed by atoms with Crippen LogP contribution < -0.4 is 10.6 Å². The maximum atomic E-state index is 12.0. The second-order valence-electron chi connectivity index (χ2n) is 4.84. The number of carbonyl (C=O) groups excluding carboxylic acids is 3. The molecule has 6 nitrogen and oxygen atoms in total. The molecule has 0 bridgehead atoms. The average molecular weight is 320 g/mol. The van der Waals surface area contributed by atoms with E-state index in [1.807, 2.05) is 0 Å². The van der Waals surface area contributed by atoms with E-state index in [2.05, 4.69) is 16.6 Å². The van der Waals surface area contributed by atoms with Gasteiger partial charge in [0.05, 0.1) is 0 Å². The quantitative estimate of drug-likeness (QED) is 0.652. The first-order chi connectivity index (χ1) is 10.4. The van der Waals surface area contributed by atoms with Gasteiger partial charge in [-0.2, -0.15) is 0 Å². The highest BCUT2D eigenvalue weighted by atomic mass is 35.5. The smallest absolute Gasteiger partial charge is 0.325 e. The summed E-state index contributed by atoms with van der Waals surface area (Å²) < 4.78 is 0. The zero-order valence-corrected chi connectivity index (χ0v) is 12.6. The van der Waals surface area contributed by atoms with Crippen LogP contribution in [0.1, 0.15) is 12.0 Å². The predicted molar refractivity (Wildman–Crippen MR) is 82.3 cm³/mol. The molecular weight excluding hydrogens is 306 g/mol. The first-order valence-electron chi connectivity index (χ1n) is 6.53. The molecule has 1 aliphatic rings. The third kappa shape index (κ3) is 3.38. The predicted octanol–water partition coefficient (Wildman–Crippen LogP) is 1.53. The number of nitrogens with one attached hydrogen (secondary N) is 2. The third-order valence-corrected chi connectivity index (χ3v) is 3.43. The van der Waals surface area contributed by atoms with Crippen LogP contribution in [0.15, 0.2) is 18.2 Å². The summed E-state index contributed by atoms with van der Waals surface area (Å²) >= 11 is 5.84. The molecule has 114 valence electrons. The van der Waals surface area contributed by atoms with Crippen molar-refractivity contribution in [3.05, 3.63) is 28.8 Å². The Kier molecular flexibility index (Phi) is 4.68. The number of hydrogen-bond donors (Lipinski definition) is 2. The van der Waals surface area contributed by atoms with Gasteiger partial charge in [-0.3, -0.25) is 14.5 Å². The molecule has 0 aromatic heterocycles. The molecule has 0 radical (unpaired) electrons. The van der Waals surface area contributed by atoms with Crippen LogP contribution in [-0.2, 0) is 9.59 Å². The van der Waals surface area contributed by atoms with E-state index in [1.54, 1.807) is 25.1 Å². The number of aryl methyl sites for hydroxylation is 1. The van der Waals surface area contributed by atoms with Crippen LogP contribution in [0.2, 0.25) is 5.02 Å². The number of halogens is 1. The highest BCUT2D eigenvalue weighted by Crippen LogP contribution is 2.19. The third-order valence-electron chi connectivity index (χ3n) is 3.19. The lowest BCUT2D eigenvalue weighted by Crippen LogP contribution is -2.38. The molecule has 22 heavy (non-hydrogen) atoms. The van der Waals surface area contributed by atoms with Gasteiger partial charge in [0, 0.05) is 17.1 Å². The molecule has 1 aromatic carbocycles. The number of nitrogens with zero attached hydrogens (tertiary/aromatic N) is 1.